The third-order valence-electron chi connectivity index (χ3n) is 2.71. The summed E-state index contributed by atoms with van der Waals surface area (Å²) in [6.45, 7) is 3.58. The summed E-state index contributed by atoms with van der Waals surface area (Å²) in [5, 5.41) is 9.82. The number of aromatic nitrogens is 2. The molecule has 19 heavy (non-hydrogen) atoms. The normalized spacial score (nSPS) is 10.5. The monoisotopic (exact) mass is 263 g/mol. The summed E-state index contributed by atoms with van der Waals surface area (Å²) >= 11 is 0. The van der Waals surface area contributed by atoms with Crippen LogP contribution in [0.5, 0.6) is 0 Å². The number of benzene rings is 1. The lowest BCUT2D eigenvalue weighted by atomic mass is 10.1. The molecule has 0 unspecified atom stereocenters. The van der Waals surface area contributed by atoms with Gasteiger partial charge in [0.1, 0.15) is 11.5 Å². The van der Waals surface area contributed by atoms with Gasteiger partial charge in [0, 0.05) is 0 Å². The van der Waals surface area contributed by atoms with Crippen LogP contribution in [0.4, 0.5) is 10.2 Å². The summed E-state index contributed by atoms with van der Waals surface area (Å²) in [5.41, 5.74) is 0.953. The first kappa shape index (κ1) is 13.2. The molecule has 1 aromatic heterocycles. The second-order valence-electron chi connectivity index (χ2n) is 4.20. The number of nitrogens with zero attached hydrogens (tertiary/aromatic N) is 2. The largest absolute Gasteiger partial charge is 0.302 e. The first-order chi connectivity index (χ1) is 9.13. The fourth-order valence-electron chi connectivity index (χ4n) is 1.70. The quantitative estimate of drug-likeness (QED) is 0.920. The lowest BCUT2D eigenvalue weighted by molar-refractivity contribution is 0.102. The Morgan fingerprint density at radius 1 is 1.42 bits per heavy atom. The van der Waals surface area contributed by atoms with E-state index in [1.54, 1.807) is 19.1 Å². The fraction of sp³-hybridized carbons (Fsp3) is 0.308. The van der Waals surface area contributed by atoms with Crippen LogP contribution in [-0.4, -0.2) is 16.2 Å². The van der Waals surface area contributed by atoms with E-state index >= 15 is 0 Å². The molecule has 2 rings (SSSR count). The number of nitrogens with one attached hydrogen (secondary N) is 1. The van der Waals surface area contributed by atoms with Crippen LogP contribution in [-0.2, 0) is 6.42 Å². The molecule has 1 aromatic carbocycles. The number of anilines is 1. The third-order valence-corrected chi connectivity index (χ3v) is 2.71. The van der Waals surface area contributed by atoms with E-state index in [9.17, 15) is 9.18 Å². The molecule has 0 saturated carbocycles. The highest BCUT2D eigenvalue weighted by Crippen LogP contribution is 2.16. The number of carbonyl (C=O) groups excluding carboxylic acids is 1. The number of hydrogen-bond acceptors (Lipinski definition) is 4. The zero-order valence-corrected chi connectivity index (χ0v) is 10.7. The Morgan fingerprint density at radius 3 is 2.95 bits per heavy atom. The number of aryl methyl sites for hydroxylation is 2. The van der Waals surface area contributed by atoms with Crippen molar-refractivity contribution in [3.8, 4) is 0 Å². The zero-order valence-electron chi connectivity index (χ0n) is 10.7. The van der Waals surface area contributed by atoms with Gasteiger partial charge < -0.3 is 5.32 Å². The van der Waals surface area contributed by atoms with Crippen LogP contribution in [0.1, 0.15) is 35.0 Å². The van der Waals surface area contributed by atoms with Gasteiger partial charge in [0.05, 0.1) is 5.56 Å². The highest BCUT2D eigenvalue weighted by Gasteiger charge is 2.17. The van der Waals surface area contributed by atoms with Crippen molar-refractivity contribution in [2.24, 2.45) is 0 Å². The number of amides is 1. The van der Waals surface area contributed by atoms with Crippen molar-refractivity contribution in [1.82, 2.24) is 10.3 Å². The van der Waals surface area contributed by atoms with Crippen LogP contribution >= 0.6 is 0 Å². The fourth-order valence-corrected chi connectivity index (χ4v) is 1.70. The molecular formula is C13H14FN3O2. The molecule has 0 fully saturated rings. The molecule has 0 saturated heterocycles. The van der Waals surface area contributed by atoms with E-state index in [2.05, 4.69) is 20.3 Å². The van der Waals surface area contributed by atoms with E-state index in [0.29, 0.717) is 17.7 Å². The zero-order chi connectivity index (χ0) is 13.8. The van der Waals surface area contributed by atoms with E-state index in [4.69, 9.17) is 0 Å². The number of hydrogen-bond donors (Lipinski definition) is 1. The SMILES string of the molecule is CCCc1nonc1NC(=O)c1cccc(C)c1F. The smallest absolute Gasteiger partial charge is 0.259 e. The minimum atomic E-state index is -0.561. The summed E-state index contributed by atoms with van der Waals surface area (Å²) in [6, 6.07) is 4.65. The molecule has 1 heterocycles. The van der Waals surface area contributed by atoms with Crippen LogP contribution in [0.3, 0.4) is 0 Å². The molecule has 0 spiro atoms. The Kier molecular flexibility index (Phi) is 3.89. The molecule has 1 N–H and O–H groups in total. The second-order valence-corrected chi connectivity index (χ2v) is 4.20. The molecule has 1 amide bonds. The van der Waals surface area contributed by atoms with Crippen LogP contribution in [0.15, 0.2) is 22.8 Å². The molecular weight excluding hydrogens is 249 g/mol. The third kappa shape index (κ3) is 2.78. The predicted molar refractivity (Wildman–Crippen MR) is 67.4 cm³/mol. The highest BCUT2D eigenvalue weighted by atomic mass is 19.1. The van der Waals surface area contributed by atoms with E-state index in [-0.39, 0.29) is 11.4 Å². The van der Waals surface area contributed by atoms with Crippen molar-refractivity contribution in [1.29, 1.82) is 0 Å². The summed E-state index contributed by atoms with van der Waals surface area (Å²) < 4.78 is 18.4. The van der Waals surface area contributed by atoms with Gasteiger partial charge in [-0.25, -0.2) is 9.02 Å². The highest BCUT2D eigenvalue weighted by molar-refractivity contribution is 6.04. The maximum Gasteiger partial charge on any atom is 0.259 e. The molecule has 6 heteroatoms. The first-order valence-electron chi connectivity index (χ1n) is 6.01. The van der Waals surface area contributed by atoms with Gasteiger partial charge in [-0.3, -0.25) is 4.79 Å². The minimum Gasteiger partial charge on any atom is -0.302 e. The first-order valence-corrected chi connectivity index (χ1v) is 6.01. The van der Waals surface area contributed by atoms with Crippen molar-refractivity contribution in [3.63, 3.8) is 0 Å². The van der Waals surface area contributed by atoms with E-state index in [1.165, 1.54) is 6.07 Å². The minimum absolute atomic E-state index is 0.0227. The maximum atomic E-state index is 13.8. The molecule has 0 aliphatic carbocycles. The topological polar surface area (TPSA) is 68.0 Å². The standard InChI is InChI=1S/C13H14FN3O2/c1-3-5-10-12(17-19-16-10)15-13(18)9-7-4-6-8(2)11(9)14/h4,6-7H,3,5H2,1-2H3,(H,15,17,18). The Balaban J connectivity index is 2.21. The van der Waals surface area contributed by atoms with Gasteiger partial charge in [0.25, 0.3) is 5.91 Å². The lowest BCUT2D eigenvalue weighted by Gasteiger charge is -2.05. The molecule has 0 aliphatic heterocycles. The van der Waals surface area contributed by atoms with Crippen molar-refractivity contribution in [2.45, 2.75) is 26.7 Å². The van der Waals surface area contributed by atoms with E-state index < -0.39 is 11.7 Å². The van der Waals surface area contributed by atoms with Gasteiger partial charge in [-0.05, 0) is 30.1 Å². The summed E-state index contributed by atoms with van der Waals surface area (Å²) in [4.78, 5) is 12.0. The number of halogens is 1. The van der Waals surface area contributed by atoms with Gasteiger partial charge in [-0.1, -0.05) is 30.6 Å². The number of rotatable bonds is 4. The summed E-state index contributed by atoms with van der Waals surface area (Å²) in [5.74, 6) is -0.851. The van der Waals surface area contributed by atoms with Crippen LogP contribution < -0.4 is 5.32 Å². The van der Waals surface area contributed by atoms with Gasteiger partial charge in [-0.15, -0.1) is 0 Å². The average molecular weight is 263 g/mol. The predicted octanol–water partition coefficient (Wildman–Crippen LogP) is 2.72. The van der Waals surface area contributed by atoms with Gasteiger partial charge in [0.15, 0.2) is 0 Å². The Labute approximate surface area is 109 Å². The Morgan fingerprint density at radius 2 is 2.21 bits per heavy atom. The van der Waals surface area contributed by atoms with Crippen molar-refractivity contribution >= 4 is 11.7 Å². The van der Waals surface area contributed by atoms with Gasteiger partial charge in [-0.2, -0.15) is 0 Å². The van der Waals surface area contributed by atoms with Crippen molar-refractivity contribution < 1.29 is 13.8 Å². The van der Waals surface area contributed by atoms with Gasteiger partial charge in [0.2, 0.25) is 5.82 Å². The van der Waals surface area contributed by atoms with Crippen LogP contribution in [0, 0.1) is 12.7 Å². The molecule has 0 aliphatic rings. The summed E-state index contributed by atoms with van der Waals surface area (Å²) in [7, 11) is 0. The van der Waals surface area contributed by atoms with Gasteiger partial charge >= 0.3 is 0 Å². The number of carbonyl (C=O) groups is 1. The molecule has 2 aromatic rings. The lowest BCUT2D eigenvalue weighted by Crippen LogP contribution is -2.15. The summed E-state index contributed by atoms with van der Waals surface area (Å²) in [6.07, 6.45) is 1.48. The van der Waals surface area contributed by atoms with Crippen molar-refractivity contribution in [2.75, 3.05) is 5.32 Å². The maximum absolute atomic E-state index is 13.8. The van der Waals surface area contributed by atoms with Crippen LogP contribution in [0.2, 0.25) is 0 Å². The molecule has 0 atom stereocenters. The Bertz CT molecular complexity index is 595. The van der Waals surface area contributed by atoms with E-state index in [0.717, 1.165) is 6.42 Å². The molecule has 0 radical (unpaired) electrons. The van der Waals surface area contributed by atoms with Crippen molar-refractivity contribution in [3.05, 3.63) is 40.8 Å². The molecule has 0 bridgehead atoms. The van der Waals surface area contributed by atoms with E-state index in [1.807, 2.05) is 6.92 Å². The van der Waals surface area contributed by atoms with Crippen LogP contribution in [0.25, 0.3) is 0 Å². The molecule has 5 nitrogen and oxygen atoms in total. The molecule has 100 valence electrons. The Hall–Kier alpha value is -2.24. The average Bonchev–Trinajstić information content (AvgIpc) is 2.80. The second kappa shape index (κ2) is 5.60.